The minimum atomic E-state index is -0.603. The van der Waals surface area contributed by atoms with E-state index < -0.39 is 6.10 Å². The van der Waals surface area contributed by atoms with Gasteiger partial charge in [0.05, 0.1) is 11.9 Å². The summed E-state index contributed by atoms with van der Waals surface area (Å²) in [4.78, 5) is 4.30. The van der Waals surface area contributed by atoms with Gasteiger partial charge in [-0.05, 0) is 12.5 Å². The second-order valence-corrected chi connectivity index (χ2v) is 4.33. The number of benzene rings is 1. The molecule has 2 aromatic rings. The first kappa shape index (κ1) is 11.9. The van der Waals surface area contributed by atoms with Crippen LogP contribution in [0.25, 0.3) is 0 Å². The highest BCUT2D eigenvalue weighted by Crippen LogP contribution is 2.22. The first-order chi connectivity index (χ1) is 8.13. The van der Waals surface area contributed by atoms with Crippen LogP contribution in [0.15, 0.2) is 30.5 Å². The zero-order valence-corrected chi connectivity index (χ0v) is 10.5. The van der Waals surface area contributed by atoms with Crippen LogP contribution in [0.5, 0.6) is 0 Å². The molecule has 0 aliphatic carbocycles. The topological polar surface area (TPSA) is 38.1 Å². The van der Waals surface area contributed by atoms with E-state index >= 15 is 0 Å². The molecule has 0 fully saturated rings. The Balaban J connectivity index is 2.33. The van der Waals surface area contributed by atoms with Crippen molar-refractivity contribution in [3.8, 4) is 0 Å². The molecule has 0 saturated carbocycles. The average Bonchev–Trinajstić information content (AvgIpc) is 2.70. The highest BCUT2D eigenvalue weighted by atomic mass is 16.3. The van der Waals surface area contributed by atoms with Crippen molar-refractivity contribution in [3.63, 3.8) is 0 Å². The highest BCUT2D eigenvalue weighted by Gasteiger charge is 2.15. The first-order valence-corrected chi connectivity index (χ1v) is 5.88. The molecule has 90 valence electrons. The molecule has 0 radical (unpaired) electrons. The molecule has 0 amide bonds. The number of aliphatic hydroxyl groups is 1. The van der Waals surface area contributed by atoms with Crippen LogP contribution in [-0.2, 0) is 13.5 Å². The fraction of sp³-hybridized carbons (Fsp3) is 0.357. The SMILES string of the molecule is CCc1ncc([C@@H](O)c2ccc(C)cc2)n1C. The van der Waals surface area contributed by atoms with E-state index in [0.29, 0.717) is 0 Å². The number of nitrogens with zero attached hydrogens (tertiary/aromatic N) is 2. The smallest absolute Gasteiger partial charge is 0.121 e. The van der Waals surface area contributed by atoms with Gasteiger partial charge in [-0.15, -0.1) is 0 Å². The Morgan fingerprint density at radius 2 is 1.94 bits per heavy atom. The van der Waals surface area contributed by atoms with Crippen molar-refractivity contribution in [1.29, 1.82) is 0 Å². The summed E-state index contributed by atoms with van der Waals surface area (Å²) in [6.45, 7) is 4.10. The normalized spacial score (nSPS) is 12.7. The Hall–Kier alpha value is -1.61. The maximum absolute atomic E-state index is 10.3. The first-order valence-electron chi connectivity index (χ1n) is 5.88. The molecule has 0 aliphatic heterocycles. The Morgan fingerprint density at radius 3 is 2.47 bits per heavy atom. The minimum Gasteiger partial charge on any atom is -0.382 e. The van der Waals surface area contributed by atoms with E-state index in [4.69, 9.17) is 0 Å². The Labute approximate surface area is 102 Å². The van der Waals surface area contributed by atoms with Crippen LogP contribution in [0.4, 0.5) is 0 Å². The van der Waals surface area contributed by atoms with Gasteiger partial charge in [0.1, 0.15) is 11.9 Å². The van der Waals surface area contributed by atoms with Gasteiger partial charge in [0.2, 0.25) is 0 Å². The lowest BCUT2D eigenvalue weighted by atomic mass is 10.1. The van der Waals surface area contributed by atoms with Crippen molar-refractivity contribution in [3.05, 3.63) is 53.1 Å². The van der Waals surface area contributed by atoms with Gasteiger partial charge in [-0.1, -0.05) is 36.8 Å². The molecule has 0 aliphatic rings. The van der Waals surface area contributed by atoms with E-state index in [-0.39, 0.29) is 0 Å². The lowest BCUT2D eigenvalue weighted by Gasteiger charge is -2.12. The van der Waals surface area contributed by atoms with E-state index in [0.717, 1.165) is 23.5 Å². The van der Waals surface area contributed by atoms with Crippen molar-refractivity contribution < 1.29 is 5.11 Å². The third-order valence-electron chi connectivity index (χ3n) is 3.11. The molecule has 0 saturated heterocycles. The second kappa shape index (κ2) is 4.72. The number of hydrogen-bond acceptors (Lipinski definition) is 2. The molecule has 1 N–H and O–H groups in total. The van der Waals surface area contributed by atoms with E-state index in [2.05, 4.69) is 11.9 Å². The summed E-state index contributed by atoms with van der Waals surface area (Å²) in [6, 6.07) is 7.93. The van der Waals surface area contributed by atoms with Gasteiger partial charge in [0, 0.05) is 13.5 Å². The van der Waals surface area contributed by atoms with Crippen LogP contribution in [-0.4, -0.2) is 14.7 Å². The molecule has 1 atom stereocenters. The van der Waals surface area contributed by atoms with Crippen molar-refractivity contribution >= 4 is 0 Å². The predicted octanol–water partition coefficient (Wildman–Crippen LogP) is 2.37. The molecule has 1 heterocycles. The highest BCUT2D eigenvalue weighted by molar-refractivity contribution is 5.28. The summed E-state index contributed by atoms with van der Waals surface area (Å²) in [5.74, 6) is 0.992. The van der Waals surface area contributed by atoms with E-state index in [1.165, 1.54) is 5.56 Å². The van der Waals surface area contributed by atoms with Gasteiger partial charge >= 0.3 is 0 Å². The molecule has 3 heteroatoms. The average molecular weight is 230 g/mol. The molecule has 2 rings (SSSR count). The van der Waals surface area contributed by atoms with E-state index in [1.807, 2.05) is 42.8 Å². The van der Waals surface area contributed by atoms with Crippen molar-refractivity contribution in [2.24, 2.45) is 7.05 Å². The number of aliphatic hydroxyl groups excluding tert-OH is 1. The molecule has 17 heavy (non-hydrogen) atoms. The number of rotatable bonds is 3. The summed E-state index contributed by atoms with van der Waals surface area (Å²) < 4.78 is 1.96. The molecule has 1 aromatic heterocycles. The number of hydrogen-bond donors (Lipinski definition) is 1. The Kier molecular flexibility index (Phi) is 3.29. The molecular formula is C14H18N2O. The van der Waals surface area contributed by atoms with E-state index in [1.54, 1.807) is 6.20 Å². The van der Waals surface area contributed by atoms with Crippen LogP contribution < -0.4 is 0 Å². The zero-order chi connectivity index (χ0) is 12.4. The lowest BCUT2D eigenvalue weighted by Crippen LogP contribution is -2.07. The minimum absolute atomic E-state index is 0.603. The van der Waals surface area contributed by atoms with Gasteiger partial charge in [-0.2, -0.15) is 0 Å². The maximum Gasteiger partial charge on any atom is 0.121 e. The summed E-state index contributed by atoms with van der Waals surface area (Å²) >= 11 is 0. The Morgan fingerprint density at radius 1 is 1.29 bits per heavy atom. The van der Waals surface area contributed by atoms with Gasteiger partial charge in [0.15, 0.2) is 0 Å². The fourth-order valence-electron chi connectivity index (χ4n) is 1.96. The standard InChI is InChI=1S/C14H18N2O/c1-4-13-15-9-12(16(13)3)14(17)11-7-5-10(2)6-8-11/h5-9,14,17H,4H2,1-3H3/t14-/m0/s1. The molecule has 0 unspecified atom stereocenters. The quantitative estimate of drug-likeness (QED) is 0.879. The van der Waals surface area contributed by atoms with Crippen molar-refractivity contribution in [1.82, 2.24) is 9.55 Å². The largest absolute Gasteiger partial charge is 0.382 e. The number of aryl methyl sites for hydroxylation is 2. The Bertz CT molecular complexity index is 499. The van der Waals surface area contributed by atoms with Gasteiger partial charge in [-0.25, -0.2) is 4.98 Å². The van der Waals surface area contributed by atoms with Crippen LogP contribution in [0.3, 0.4) is 0 Å². The van der Waals surface area contributed by atoms with Crippen molar-refractivity contribution in [2.75, 3.05) is 0 Å². The fourth-order valence-corrected chi connectivity index (χ4v) is 1.96. The third kappa shape index (κ3) is 2.24. The van der Waals surface area contributed by atoms with Crippen molar-refractivity contribution in [2.45, 2.75) is 26.4 Å². The molecule has 3 nitrogen and oxygen atoms in total. The summed E-state index contributed by atoms with van der Waals surface area (Å²) in [5, 5.41) is 10.3. The monoisotopic (exact) mass is 230 g/mol. The molecule has 0 spiro atoms. The van der Waals surface area contributed by atoms with E-state index in [9.17, 15) is 5.11 Å². The third-order valence-corrected chi connectivity index (χ3v) is 3.11. The second-order valence-electron chi connectivity index (χ2n) is 4.33. The number of aromatic nitrogens is 2. The zero-order valence-electron chi connectivity index (χ0n) is 10.5. The van der Waals surface area contributed by atoms with Crippen LogP contribution in [0.1, 0.15) is 35.7 Å². The summed E-state index contributed by atoms with van der Waals surface area (Å²) in [7, 11) is 1.94. The van der Waals surface area contributed by atoms with Crippen LogP contribution in [0, 0.1) is 6.92 Å². The maximum atomic E-state index is 10.3. The van der Waals surface area contributed by atoms with Gasteiger partial charge < -0.3 is 9.67 Å². The van der Waals surface area contributed by atoms with Gasteiger partial charge in [-0.3, -0.25) is 0 Å². The van der Waals surface area contributed by atoms with Crippen LogP contribution >= 0.6 is 0 Å². The number of imidazole rings is 1. The van der Waals surface area contributed by atoms with Gasteiger partial charge in [0.25, 0.3) is 0 Å². The van der Waals surface area contributed by atoms with Crippen LogP contribution in [0.2, 0.25) is 0 Å². The predicted molar refractivity (Wildman–Crippen MR) is 67.8 cm³/mol. The molecular weight excluding hydrogens is 212 g/mol. The lowest BCUT2D eigenvalue weighted by molar-refractivity contribution is 0.211. The molecule has 1 aromatic carbocycles. The molecule has 0 bridgehead atoms. The summed E-state index contributed by atoms with van der Waals surface area (Å²) in [5.41, 5.74) is 2.94. The summed E-state index contributed by atoms with van der Waals surface area (Å²) in [6.07, 6.45) is 2.02.